The number of aliphatic hydroxyl groups is 1. The van der Waals surface area contributed by atoms with Crippen LogP contribution in [0.1, 0.15) is 51.5 Å². The topological polar surface area (TPSA) is 26.7 Å². The summed E-state index contributed by atoms with van der Waals surface area (Å²) in [6, 6.07) is 14.5. The summed E-state index contributed by atoms with van der Waals surface area (Å²) in [5, 5.41) is 11.0. The number of hydrogen-bond donors (Lipinski definition) is 1. The Labute approximate surface area is 181 Å². The van der Waals surface area contributed by atoms with Crippen molar-refractivity contribution in [1.82, 2.24) is 9.80 Å². The fourth-order valence-corrected chi connectivity index (χ4v) is 4.18. The zero-order valence-electron chi connectivity index (χ0n) is 18.6. The van der Waals surface area contributed by atoms with E-state index in [1.165, 1.54) is 44.4 Å². The van der Waals surface area contributed by atoms with Gasteiger partial charge in [-0.2, -0.15) is 0 Å². The van der Waals surface area contributed by atoms with Crippen LogP contribution in [0, 0.1) is 5.82 Å². The molecule has 4 heteroatoms. The molecule has 1 heterocycles. The highest BCUT2D eigenvalue weighted by Gasteiger charge is 2.25. The van der Waals surface area contributed by atoms with Crippen LogP contribution >= 0.6 is 0 Å². The van der Waals surface area contributed by atoms with Gasteiger partial charge in [0, 0.05) is 32.7 Å². The van der Waals surface area contributed by atoms with E-state index < -0.39 is 5.60 Å². The second-order valence-corrected chi connectivity index (χ2v) is 8.85. The SMILES string of the molecule is CCCCCCN1CCN(CCC(C)(O)c2ccc(-c3ccc(F)cc3)cc2)CC1. The molecule has 2 aromatic rings. The molecule has 0 aliphatic carbocycles. The van der Waals surface area contributed by atoms with Crippen LogP contribution in [0.5, 0.6) is 0 Å². The predicted molar refractivity (Wildman–Crippen MR) is 123 cm³/mol. The summed E-state index contributed by atoms with van der Waals surface area (Å²) < 4.78 is 13.1. The Morgan fingerprint density at radius 1 is 0.800 bits per heavy atom. The van der Waals surface area contributed by atoms with Gasteiger partial charge in [0.05, 0.1) is 5.60 Å². The minimum Gasteiger partial charge on any atom is -0.385 e. The number of halogens is 1. The van der Waals surface area contributed by atoms with E-state index in [1.807, 2.05) is 31.2 Å². The lowest BCUT2D eigenvalue weighted by Gasteiger charge is -2.36. The smallest absolute Gasteiger partial charge is 0.123 e. The first-order valence-corrected chi connectivity index (χ1v) is 11.5. The molecule has 0 aromatic heterocycles. The van der Waals surface area contributed by atoms with Crippen LogP contribution in [0.25, 0.3) is 11.1 Å². The van der Waals surface area contributed by atoms with Crippen LogP contribution in [0.2, 0.25) is 0 Å². The molecule has 30 heavy (non-hydrogen) atoms. The summed E-state index contributed by atoms with van der Waals surface area (Å²) in [5.74, 6) is -0.226. The molecule has 0 spiro atoms. The minimum absolute atomic E-state index is 0.226. The van der Waals surface area contributed by atoms with E-state index in [1.54, 1.807) is 12.1 Å². The lowest BCUT2D eigenvalue weighted by molar-refractivity contribution is 0.0284. The van der Waals surface area contributed by atoms with Gasteiger partial charge >= 0.3 is 0 Å². The van der Waals surface area contributed by atoms with Crippen LogP contribution in [-0.2, 0) is 5.60 Å². The molecule has 0 radical (unpaired) electrons. The van der Waals surface area contributed by atoms with Crippen molar-refractivity contribution in [3.05, 3.63) is 59.9 Å². The molecular weight excluding hydrogens is 375 g/mol. The van der Waals surface area contributed by atoms with Gasteiger partial charge in [-0.3, -0.25) is 0 Å². The van der Waals surface area contributed by atoms with Gasteiger partial charge in [-0.05, 0) is 55.1 Å². The van der Waals surface area contributed by atoms with Crippen molar-refractivity contribution in [2.24, 2.45) is 0 Å². The molecule has 164 valence electrons. The first-order chi connectivity index (χ1) is 14.5. The lowest BCUT2D eigenvalue weighted by atomic mass is 9.90. The van der Waals surface area contributed by atoms with Crippen molar-refractivity contribution in [3.63, 3.8) is 0 Å². The third-order valence-corrected chi connectivity index (χ3v) is 6.39. The molecule has 0 saturated carbocycles. The van der Waals surface area contributed by atoms with Gasteiger partial charge in [0.1, 0.15) is 5.82 Å². The average molecular weight is 413 g/mol. The highest BCUT2D eigenvalue weighted by molar-refractivity contribution is 5.63. The van der Waals surface area contributed by atoms with Crippen LogP contribution in [0.4, 0.5) is 4.39 Å². The Kier molecular flexibility index (Phi) is 8.43. The highest BCUT2D eigenvalue weighted by Crippen LogP contribution is 2.28. The average Bonchev–Trinajstić information content (AvgIpc) is 2.77. The summed E-state index contributed by atoms with van der Waals surface area (Å²) in [6.45, 7) is 10.8. The molecule has 1 saturated heterocycles. The molecule has 3 rings (SSSR count). The Hall–Kier alpha value is -1.75. The fraction of sp³-hybridized carbons (Fsp3) is 0.538. The van der Waals surface area contributed by atoms with Crippen molar-refractivity contribution in [2.75, 3.05) is 39.3 Å². The second-order valence-electron chi connectivity index (χ2n) is 8.85. The number of hydrogen-bond acceptors (Lipinski definition) is 3. The number of benzene rings is 2. The van der Waals surface area contributed by atoms with Gasteiger partial charge in [0.25, 0.3) is 0 Å². The molecule has 1 fully saturated rings. The van der Waals surface area contributed by atoms with E-state index in [0.29, 0.717) is 0 Å². The molecule has 1 aliphatic heterocycles. The highest BCUT2D eigenvalue weighted by atomic mass is 19.1. The van der Waals surface area contributed by atoms with Crippen LogP contribution in [0.3, 0.4) is 0 Å². The normalized spacial score (nSPS) is 17.7. The number of unbranched alkanes of at least 4 members (excludes halogenated alkanes) is 3. The first-order valence-electron chi connectivity index (χ1n) is 11.5. The van der Waals surface area contributed by atoms with E-state index in [2.05, 4.69) is 16.7 Å². The summed E-state index contributed by atoms with van der Waals surface area (Å²) in [5.41, 5.74) is 2.10. The monoisotopic (exact) mass is 412 g/mol. The lowest BCUT2D eigenvalue weighted by Crippen LogP contribution is -2.47. The van der Waals surface area contributed by atoms with Crippen LogP contribution < -0.4 is 0 Å². The van der Waals surface area contributed by atoms with E-state index in [-0.39, 0.29) is 5.82 Å². The maximum absolute atomic E-state index is 13.1. The molecule has 0 amide bonds. The summed E-state index contributed by atoms with van der Waals surface area (Å²) >= 11 is 0. The van der Waals surface area contributed by atoms with Gasteiger partial charge in [0.15, 0.2) is 0 Å². The Morgan fingerprint density at radius 2 is 1.33 bits per heavy atom. The van der Waals surface area contributed by atoms with Gasteiger partial charge in [0.2, 0.25) is 0 Å². The predicted octanol–water partition coefficient (Wildman–Crippen LogP) is 5.29. The van der Waals surface area contributed by atoms with Crippen molar-refractivity contribution in [1.29, 1.82) is 0 Å². The minimum atomic E-state index is -0.849. The maximum atomic E-state index is 13.1. The molecule has 2 aromatic carbocycles. The third kappa shape index (κ3) is 6.63. The van der Waals surface area contributed by atoms with E-state index >= 15 is 0 Å². The van der Waals surface area contributed by atoms with E-state index in [0.717, 1.165) is 55.8 Å². The quantitative estimate of drug-likeness (QED) is 0.537. The van der Waals surface area contributed by atoms with E-state index in [4.69, 9.17) is 0 Å². The maximum Gasteiger partial charge on any atom is 0.123 e. The summed E-state index contributed by atoms with van der Waals surface area (Å²) in [7, 11) is 0. The van der Waals surface area contributed by atoms with Gasteiger partial charge in [-0.1, -0.05) is 62.6 Å². The van der Waals surface area contributed by atoms with Crippen molar-refractivity contribution >= 4 is 0 Å². The van der Waals surface area contributed by atoms with Crippen molar-refractivity contribution in [2.45, 2.75) is 51.6 Å². The van der Waals surface area contributed by atoms with Crippen molar-refractivity contribution in [3.8, 4) is 11.1 Å². The zero-order chi connectivity index (χ0) is 21.4. The molecular formula is C26H37FN2O. The Balaban J connectivity index is 1.45. The van der Waals surface area contributed by atoms with E-state index in [9.17, 15) is 9.50 Å². The molecule has 1 N–H and O–H groups in total. The Morgan fingerprint density at radius 3 is 1.90 bits per heavy atom. The van der Waals surface area contributed by atoms with Gasteiger partial charge < -0.3 is 14.9 Å². The van der Waals surface area contributed by atoms with Gasteiger partial charge in [-0.25, -0.2) is 4.39 Å². The zero-order valence-corrected chi connectivity index (χ0v) is 18.6. The molecule has 3 nitrogen and oxygen atoms in total. The number of rotatable bonds is 10. The fourth-order valence-electron chi connectivity index (χ4n) is 4.18. The van der Waals surface area contributed by atoms with Crippen LogP contribution in [0.15, 0.2) is 48.5 Å². The molecule has 1 atom stereocenters. The third-order valence-electron chi connectivity index (χ3n) is 6.39. The number of piperazine rings is 1. The first kappa shape index (κ1) is 22.9. The standard InChI is InChI=1S/C26H37FN2O/c1-3-4-5-6-16-28-18-20-29(21-19-28)17-15-26(2,30)24-11-7-22(8-12-24)23-9-13-25(27)14-10-23/h7-14,30H,3-6,15-21H2,1-2H3. The second kappa shape index (κ2) is 11.0. The molecule has 0 bridgehead atoms. The Bertz CT molecular complexity index is 750. The number of nitrogens with zero attached hydrogens (tertiary/aromatic N) is 2. The van der Waals surface area contributed by atoms with Crippen LogP contribution in [-0.4, -0.2) is 54.2 Å². The molecule has 1 aliphatic rings. The van der Waals surface area contributed by atoms with Gasteiger partial charge in [-0.15, -0.1) is 0 Å². The molecule has 1 unspecified atom stereocenters. The van der Waals surface area contributed by atoms with Crippen molar-refractivity contribution < 1.29 is 9.50 Å². The summed E-state index contributed by atoms with van der Waals surface area (Å²) in [6.07, 6.45) is 6.03. The largest absolute Gasteiger partial charge is 0.385 e. The summed E-state index contributed by atoms with van der Waals surface area (Å²) in [4.78, 5) is 5.06.